The first-order valence-electron chi connectivity index (χ1n) is 7.60. The van der Waals surface area contributed by atoms with E-state index in [0.29, 0.717) is 19.7 Å². The van der Waals surface area contributed by atoms with Crippen LogP contribution >= 0.6 is 0 Å². The van der Waals surface area contributed by atoms with Crippen molar-refractivity contribution in [3.05, 3.63) is 41.3 Å². The van der Waals surface area contributed by atoms with Gasteiger partial charge >= 0.3 is 6.03 Å². The van der Waals surface area contributed by atoms with Crippen LogP contribution in [0.15, 0.2) is 24.4 Å². The highest BCUT2D eigenvalue weighted by Crippen LogP contribution is 2.16. The van der Waals surface area contributed by atoms with Gasteiger partial charge in [-0.25, -0.2) is 14.5 Å². The van der Waals surface area contributed by atoms with E-state index in [1.165, 1.54) is 0 Å². The third kappa shape index (κ3) is 4.53. The third-order valence-corrected chi connectivity index (χ3v) is 3.56. The van der Waals surface area contributed by atoms with E-state index in [1.807, 2.05) is 36.7 Å². The first-order valence-corrected chi connectivity index (χ1v) is 7.60. The van der Waals surface area contributed by atoms with Crippen LogP contribution in [0, 0.1) is 13.8 Å². The Kier molecular flexibility index (Phi) is 6.10. The molecule has 2 rings (SSSR count). The monoisotopic (exact) mass is 317 g/mol. The Morgan fingerprint density at radius 2 is 2.04 bits per heavy atom. The second-order valence-electron chi connectivity index (χ2n) is 5.17. The third-order valence-electron chi connectivity index (χ3n) is 3.56. The maximum absolute atomic E-state index is 11.6. The quantitative estimate of drug-likeness (QED) is 0.756. The number of aromatic nitrogens is 3. The molecule has 0 saturated carbocycles. The summed E-state index contributed by atoms with van der Waals surface area (Å²) in [6.07, 6.45) is 2.47. The number of rotatable bonds is 7. The number of aryl methyl sites for hydroxylation is 1. The lowest BCUT2D eigenvalue weighted by atomic mass is 10.1. The summed E-state index contributed by atoms with van der Waals surface area (Å²) in [5.41, 5.74) is 3.13. The van der Waals surface area contributed by atoms with Crippen molar-refractivity contribution in [2.45, 2.75) is 20.3 Å². The van der Waals surface area contributed by atoms with Gasteiger partial charge in [-0.2, -0.15) is 5.10 Å². The number of amides is 2. The van der Waals surface area contributed by atoms with Crippen LogP contribution in [0.4, 0.5) is 4.79 Å². The summed E-state index contributed by atoms with van der Waals surface area (Å²) in [5.74, 6) is 0.796. The highest BCUT2D eigenvalue weighted by molar-refractivity contribution is 5.73. The SMILES string of the molecule is COCCNC(=O)NCCc1c(C)nn(-c2ccccn2)c1C. The van der Waals surface area contributed by atoms with E-state index in [2.05, 4.69) is 20.7 Å². The molecule has 0 unspecified atom stereocenters. The van der Waals surface area contributed by atoms with Gasteiger partial charge in [0, 0.05) is 32.1 Å². The molecule has 0 aliphatic carbocycles. The highest BCUT2D eigenvalue weighted by atomic mass is 16.5. The number of carbonyl (C=O) groups is 1. The van der Waals surface area contributed by atoms with Crippen LogP contribution in [0.2, 0.25) is 0 Å². The Labute approximate surface area is 136 Å². The smallest absolute Gasteiger partial charge is 0.314 e. The van der Waals surface area contributed by atoms with Crippen LogP contribution in [0.1, 0.15) is 17.0 Å². The molecule has 0 aliphatic rings. The molecule has 2 aromatic rings. The van der Waals surface area contributed by atoms with Gasteiger partial charge < -0.3 is 15.4 Å². The van der Waals surface area contributed by atoms with Crippen molar-refractivity contribution in [1.29, 1.82) is 0 Å². The Hall–Kier alpha value is -2.41. The van der Waals surface area contributed by atoms with Crippen molar-refractivity contribution in [2.75, 3.05) is 26.8 Å². The molecule has 2 N–H and O–H groups in total. The zero-order chi connectivity index (χ0) is 16.7. The van der Waals surface area contributed by atoms with Crippen LogP contribution in [-0.4, -0.2) is 47.6 Å². The van der Waals surface area contributed by atoms with E-state index in [9.17, 15) is 4.79 Å². The molecule has 0 fully saturated rings. The number of hydrogen-bond acceptors (Lipinski definition) is 4. The van der Waals surface area contributed by atoms with Crippen LogP contribution in [-0.2, 0) is 11.2 Å². The zero-order valence-electron chi connectivity index (χ0n) is 13.8. The molecule has 0 saturated heterocycles. The van der Waals surface area contributed by atoms with Crippen molar-refractivity contribution in [1.82, 2.24) is 25.4 Å². The van der Waals surface area contributed by atoms with E-state index >= 15 is 0 Å². The Balaban J connectivity index is 1.94. The summed E-state index contributed by atoms with van der Waals surface area (Å²) in [7, 11) is 1.60. The van der Waals surface area contributed by atoms with Gasteiger partial charge in [-0.15, -0.1) is 0 Å². The summed E-state index contributed by atoms with van der Waals surface area (Å²) < 4.78 is 6.72. The van der Waals surface area contributed by atoms with Gasteiger partial charge in [0.05, 0.1) is 12.3 Å². The van der Waals surface area contributed by atoms with Crippen LogP contribution in [0.25, 0.3) is 5.82 Å². The summed E-state index contributed by atoms with van der Waals surface area (Å²) in [6, 6.07) is 5.55. The number of nitrogens with one attached hydrogen (secondary N) is 2. The van der Waals surface area contributed by atoms with Gasteiger partial charge in [0.15, 0.2) is 5.82 Å². The lowest BCUT2D eigenvalue weighted by molar-refractivity contribution is 0.196. The van der Waals surface area contributed by atoms with Gasteiger partial charge in [-0.05, 0) is 38.0 Å². The van der Waals surface area contributed by atoms with Crippen molar-refractivity contribution in [2.24, 2.45) is 0 Å². The summed E-state index contributed by atoms with van der Waals surface area (Å²) in [4.78, 5) is 15.9. The molecule has 0 radical (unpaired) electrons. The average molecular weight is 317 g/mol. The molecule has 2 aromatic heterocycles. The minimum atomic E-state index is -0.186. The van der Waals surface area contributed by atoms with E-state index in [4.69, 9.17) is 4.74 Å². The zero-order valence-corrected chi connectivity index (χ0v) is 13.8. The second-order valence-corrected chi connectivity index (χ2v) is 5.17. The Morgan fingerprint density at radius 3 is 2.74 bits per heavy atom. The number of methoxy groups -OCH3 is 1. The molecule has 0 bridgehead atoms. The first-order chi connectivity index (χ1) is 11.1. The molecule has 124 valence electrons. The van der Waals surface area contributed by atoms with Crippen molar-refractivity contribution in [3.63, 3.8) is 0 Å². The van der Waals surface area contributed by atoms with E-state index in [0.717, 1.165) is 29.2 Å². The normalized spacial score (nSPS) is 10.6. The van der Waals surface area contributed by atoms with Crippen molar-refractivity contribution < 1.29 is 9.53 Å². The topological polar surface area (TPSA) is 81.1 Å². The molecule has 7 heteroatoms. The van der Waals surface area contributed by atoms with E-state index in [-0.39, 0.29) is 6.03 Å². The van der Waals surface area contributed by atoms with Crippen LogP contribution in [0.5, 0.6) is 0 Å². The largest absolute Gasteiger partial charge is 0.383 e. The van der Waals surface area contributed by atoms with Crippen molar-refractivity contribution in [3.8, 4) is 5.82 Å². The molecular formula is C16H23N5O2. The highest BCUT2D eigenvalue weighted by Gasteiger charge is 2.13. The summed E-state index contributed by atoms with van der Waals surface area (Å²) in [5, 5.41) is 10.1. The lowest BCUT2D eigenvalue weighted by Crippen LogP contribution is -2.38. The van der Waals surface area contributed by atoms with Gasteiger partial charge in [-0.3, -0.25) is 0 Å². The van der Waals surface area contributed by atoms with Gasteiger partial charge in [0.1, 0.15) is 0 Å². The van der Waals surface area contributed by atoms with Gasteiger partial charge in [0.25, 0.3) is 0 Å². The van der Waals surface area contributed by atoms with E-state index in [1.54, 1.807) is 13.3 Å². The van der Waals surface area contributed by atoms with Crippen LogP contribution < -0.4 is 10.6 Å². The standard InChI is InChI=1S/C16H23N5O2/c1-12-14(7-9-18-16(22)19-10-11-23-3)13(2)21(20-12)15-6-4-5-8-17-15/h4-6,8H,7,9-11H2,1-3H3,(H2,18,19,22). The molecule has 2 amide bonds. The number of ether oxygens (including phenoxy) is 1. The molecule has 7 nitrogen and oxygen atoms in total. The lowest BCUT2D eigenvalue weighted by Gasteiger charge is -2.08. The molecule has 0 aromatic carbocycles. The minimum absolute atomic E-state index is 0.186. The molecule has 0 aliphatic heterocycles. The van der Waals surface area contributed by atoms with E-state index < -0.39 is 0 Å². The maximum atomic E-state index is 11.6. The van der Waals surface area contributed by atoms with Gasteiger partial charge in [-0.1, -0.05) is 6.07 Å². The second kappa shape index (κ2) is 8.28. The number of pyridine rings is 1. The van der Waals surface area contributed by atoms with Crippen molar-refractivity contribution >= 4 is 6.03 Å². The molecular weight excluding hydrogens is 294 g/mol. The average Bonchev–Trinajstić information content (AvgIpc) is 2.84. The number of urea groups is 1. The molecule has 0 atom stereocenters. The molecule has 23 heavy (non-hydrogen) atoms. The number of hydrogen-bond donors (Lipinski definition) is 2. The number of carbonyl (C=O) groups excluding carboxylic acids is 1. The summed E-state index contributed by atoms with van der Waals surface area (Å²) in [6.45, 7) is 5.54. The fourth-order valence-corrected chi connectivity index (χ4v) is 2.37. The molecule has 0 spiro atoms. The Bertz CT molecular complexity index is 639. The first kappa shape index (κ1) is 17.0. The minimum Gasteiger partial charge on any atom is -0.383 e. The predicted molar refractivity (Wildman–Crippen MR) is 87.8 cm³/mol. The number of nitrogens with zero attached hydrogens (tertiary/aromatic N) is 3. The summed E-state index contributed by atoms with van der Waals surface area (Å²) >= 11 is 0. The fraction of sp³-hybridized carbons (Fsp3) is 0.438. The predicted octanol–water partition coefficient (Wildman–Crippen LogP) is 1.37. The maximum Gasteiger partial charge on any atom is 0.314 e. The van der Waals surface area contributed by atoms with Gasteiger partial charge in [0.2, 0.25) is 0 Å². The van der Waals surface area contributed by atoms with Crippen LogP contribution in [0.3, 0.4) is 0 Å². The Morgan fingerprint density at radius 1 is 1.26 bits per heavy atom. The fourth-order valence-electron chi connectivity index (χ4n) is 2.37. The molecule has 2 heterocycles.